The van der Waals surface area contributed by atoms with Crippen LogP contribution >= 0.6 is 0 Å². The highest BCUT2D eigenvalue weighted by Gasteiger charge is 2.25. The lowest BCUT2D eigenvalue weighted by Crippen LogP contribution is -2.16. The molecule has 2 aromatic heterocycles. The molecule has 7 heteroatoms. The molecule has 0 fully saturated rings. The standard InChI is InChI=1S/C28H25FN4O2/c1-3-35-22-14-23(26(29)25(15-22)34-2)27(28-31-17-24(33-28)18-7-5-4-6-8-18)32-21-10-9-20-16-30-12-11-19(20)13-21/h4-17,27,32H,3H2,1-2H3,(H,31,33). The molecular formula is C28H25FN4O2. The fourth-order valence-electron chi connectivity index (χ4n) is 4.08. The van der Waals surface area contributed by atoms with E-state index in [1.165, 1.54) is 7.11 Å². The van der Waals surface area contributed by atoms with E-state index in [2.05, 4.69) is 20.3 Å². The lowest BCUT2D eigenvalue weighted by molar-refractivity contribution is 0.331. The molecule has 1 atom stereocenters. The van der Waals surface area contributed by atoms with Gasteiger partial charge in [0, 0.05) is 35.1 Å². The molecule has 3 aromatic carbocycles. The number of halogens is 1. The molecule has 1 unspecified atom stereocenters. The molecule has 0 radical (unpaired) electrons. The molecular weight excluding hydrogens is 443 g/mol. The summed E-state index contributed by atoms with van der Waals surface area (Å²) >= 11 is 0. The van der Waals surface area contributed by atoms with Crippen LogP contribution in [0.4, 0.5) is 10.1 Å². The number of nitrogens with one attached hydrogen (secondary N) is 2. The average molecular weight is 469 g/mol. The van der Waals surface area contributed by atoms with Crippen LogP contribution in [0.15, 0.2) is 85.3 Å². The van der Waals surface area contributed by atoms with E-state index >= 15 is 4.39 Å². The minimum absolute atomic E-state index is 0.108. The maximum atomic E-state index is 15.6. The first-order valence-electron chi connectivity index (χ1n) is 11.4. The number of aromatic nitrogens is 3. The van der Waals surface area contributed by atoms with E-state index in [0.717, 1.165) is 27.7 Å². The Bertz CT molecular complexity index is 1450. The van der Waals surface area contributed by atoms with Gasteiger partial charge in [0.15, 0.2) is 11.6 Å². The summed E-state index contributed by atoms with van der Waals surface area (Å²) in [7, 11) is 1.44. The summed E-state index contributed by atoms with van der Waals surface area (Å²) in [6.07, 6.45) is 5.32. The van der Waals surface area contributed by atoms with Gasteiger partial charge in [0.05, 0.1) is 25.6 Å². The molecule has 0 amide bonds. The van der Waals surface area contributed by atoms with Crippen molar-refractivity contribution < 1.29 is 13.9 Å². The third kappa shape index (κ3) is 4.66. The van der Waals surface area contributed by atoms with Crippen molar-refractivity contribution in [1.82, 2.24) is 15.0 Å². The Morgan fingerprint density at radius 2 is 1.86 bits per heavy atom. The quantitative estimate of drug-likeness (QED) is 0.277. The summed E-state index contributed by atoms with van der Waals surface area (Å²) in [5.41, 5.74) is 3.00. The Hall–Kier alpha value is -4.39. The van der Waals surface area contributed by atoms with Crippen molar-refractivity contribution in [3.8, 4) is 22.8 Å². The van der Waals surface area contributed by atoms with Gasteiger partial charge in [-0.25, -0.2) is 9.37 Å². The van der Waals surface area contributed by atoms with Gasteiger partial charge in [0.25, 0.3) is 0 Å². The molecule has 0 aliphatic rings. The number of hydrogen-bond acceptors (Lipinski definition) is 5. The van der Waals surface area contributed by atoms with Crippen LogP contribution in [0.2, 0.25) is 0 Å². The van der Waals surface area contributed by atoms with E-state index in [0.29, 0.717) is 23.7 Å². The van der Waals surface area contributed by atoms with E-state index in [9.17, 15) is 0 Å². The summed E-state index contributed by atoms with van der Waals surface area (Å²) < 4.78 is 26.7. The van der Waals surface area contributed by atoms with Crippen LogP contribution in [0.3, 0.4) is 0 Å². The van der Waals surface area contributed by atoms with Gasteiger partial charge in [-0.3, -0.25) is 4.98 Å². The van der Waals surface area contributed by atoms with Crippen LogP contribution in [-0.2, 0) is 0 Å². The van der Waals surface area contributed by atoms with Crippen LogP contribution in [0, 0.1) is 5.82 Å². The van der Waals surface area contributed by atoms with Crippen LogP contribution in [0.25, 0.3) is 22.0 Å². The smallest absolute Gasteiger partial charge is 0.171 e. The molecule has 5 aromatic rings. The zero-order valence-electron chi connectivity index (χ0n) is 19.5. The predicted octanol–water partition coefficient (Wildman–Crippen LogP) is 6.37. The minimum atomic E-state index is -0.638. The van der Waals surface area contributed by atoms with Gasteiger partial charge in [-0.2, -0.15) is 0 Å². The molecule has 0 bridgehead atoms. The fourth-order valence-corrected chi connectivity index (χ4v) is 4.08. The van der Waals surface area contributed by atoms with E-state index in [1.54, 1.807) is 24.5 Å². The number of aromatic amines is 1. The number of rotatable bonds is 8. The molecule has 2 N–H and O–H groups in total. The molecule has 35 heavy (non-hydrogen) atoms. The summed E-state index contributed by atoms with van der Waals surface area (Å²) in [5, 5.41) is 5.51. The largest absolute Gasteiger partial charge is 0.494 e. The van der Waals surface area contributed by atoms with E-state index in [4.69, 9.17) is 9.47 Å². The number of hydrogen-bond donors (Lipinski definition) is 2. The average Bonchev–Trinajstić information content (AvgIpc) is 3.39. The lowest BCUT2D eigenvalue weighted by atomic mass is 10.0. The minimum Gasteiger partial charge on any atom is -0.494 e. The molecule has 176 valence electrons. The topological polar surface area (TPSA) is 72.1 Å². The van der Waals surface area contributed by atoms with Gasteiger partial charge in [0.2, 0.25) is 0 Å². The Kier molecular flexibility index (Phi) is 6.30. The number of methoxy groups -OCH3 is 1. The van der Waals surface area contributed by atoms with Gasteiger partial charge in [-0.05, 0) is 42.1 Å². The monoisotopic (exact) mass is 468 g/mol. The summed E-state index contributed by atoms with van der Waals surface area (Å²) in [5.74, 6) is 0.716. The molecule has 6 nitrogen and oxygen atoms in total. The highest BCUT2D eigenvalue weighted by molar-refractivity contribution is 5.85. The molecule has 2 heterocycles. The number of ether oxygens (including phenoxy) is 2. The fraction of sp³-hybridized carbons (Fsp3) is 0.143. The number of pyridine rings is 1. The van der Waals surface area contributed by atoms with E-state index < -0.39 is 11.9 Å². The van der Waals surface area contributed by atoms with Crippen molar-refractivity contribution in [2.24, 2.45) is 0 Å². The Labute approximate surface area is 202 Å². The highest BCUT2D eigenvalue weighted by Crippen LogP contribution is 2.36. The third-order valence-corrected chi connectivity index (χ3v) is 5.79. The maximum Gasteiger partial charge on any atom is 0.171 e. The maximum absolute atomic E-state index is 15.6. The predicted molar refractivity (Wildman–Crippen MR) is 135 cm³/mol. The van der Waals surface area contributed by atoms with Crippen LogP contribution < -0.4 is 14.8 Å². The Morgan fingerprint density at radius 3 is 2.66 bits per heavy atom. The van der Waals surface area contributed by atoms with Crippen molar-refractivity contribution in [3.63, 3.8) is 0 Å². The number of anilines is 1. The summed E-state index contributed by atoms with van der Waals surface area (Å²) in [6, 6.07) is 20.4. The number of nitrogens with zero attached hydrogens (tertiary/aromatic N) is 2. The molecule has 0 aliphatic carbocycles. The second kappa shape index (κ2) is 9.85. The first-order valence-corrected chi connectivity index (χ1v) is 11.4. The second-order valence-electron chi connectivity index (χ2n) is 8.02. The zero-order valence-corrected chi connectivity index (χ0v) is 19.5. The van der Waals surface area contributed by atoms with E-state index in [1.807, 2.05) is 67.7 Å². The Balaban J connectivity index is 1.62. The summed E-state index contributed by atoms with van der Waals surface area (Å²) in [6.45, 7) is 2.33. The van der Waals surface area contributed by atoms with Crippen molar-refractivity contribution in [3.05, 3.63) is 103 Å². The highest BCUT2D eigenvalue weighted by atomic mass is 19.1. The number of fused-ring (bicyclic) bond motifs is 1. The first-order chi connectivity index (χ1) is 17.2. The summed E-state index contributed by atoms with van der Waals surface area (Å²) in [4.78, 5) is 12.2. The zero-order chi connectivity index (χ0) is 24.2. The van der Waals surface area contributed by atoms with Crippen LogP contribution in [0.1, 0.15) is 24.4 Å². The van der Waals surface area contributed by atoms with Gasteiger partial charge in [0.1, 0.15) is 17.6 Å². The number of H-pyrrole nitrogens is 1. The van der Waals surface area contributed by atoms with Crippen LogP contribution in [0.5, 0.6) is 11.5 Å². The molecule has 0 saturated heterocycles. The number of imidazole rings is 1. The van der Waals surface area contributed by atoms with E-state index in [-0.39, 0.29) is 5.75 Å². The normalized spacial score (nSPS) is 11.9. The molecule has 0 saturated carbocycles. The third-order valence-electron chi connectivity index (χ3n) is 5.79. The van der Waals surface area contributed by atoms with Crippen LogP contribution in [-0.4, -0.2) is 28.7 Å². The van der Waals surface area contributed by atoms with Gasteiger partial charge >= 0.3 is 0 Å². The number of benzene rings is 3. The second-order valence-corrected chi connectivity index (χ2v) is 8.02. The van der Waals surface area contributed by atoms with Gasteiger partial charge < -0.3 is 19.8 Å². The SMILES string of the molecule is CCOc1cc(OC)c(F)c(C(Nc2ccc3cnccc3c2)c2ncc(-c3ccccc3)[nH]2)c1. The molecule has 0 aliphatic heterocycles. The van der Waals surface area contributed by atoms with Gasteiger partial charge in [-0.1, -0.05) is 36.4 Å². The first kappa shape index (κ1) is 22.4. The van der Waals surface area contributed by atoms with Gasteiger partial charge in [-0.15, -0.1) is 0 Å². The lowest BCUT2D eigenvalue weighted by Gasteiger charge is -2.21. The molecule has 0 spiro atoms. The van der Waals surface area contributed by atoms with Crippen molar-refractivity contribution in [1.29, 1.82) is 0 Å². The Morgan fingerprint density at radius 1 is 1.00 bits per heavy atom. The van der Waals surface area contributed by atoms with Crippen molar-refractivity contribution in [2.45, 2.75) is 13.0 Å². The molecule has 5 rings (SSSR count). The van der Waals surface area contributed by atoms with Crippen molar-refractivity contribution >= 4 is 16.5 Å². The van der Waals surface area contributed by atoms with Crippen molar-refractivity contribution in [2.75, 3.05) is 19.0 Å².